The van der Waals surface area contributed by atoms with Crippen LogP contribution in [0.3, 0.4) is 0 Å². The van der Waals surface area contributed by atoms with Crippen molar-refractivity contribution in [3.63, 3.8) is 0 Å². The van der Waals surface area contributed by atoms with Crippen molar-refractivity contribution in [3.8, 4) is 11.5 Å². The summed E-state index contributed by atoms with van der Waals surface area (Å²) in [5.74, 6) is -0.855. The van der Waals surface area contributed by atoms with Crippen molar-refractivity contribution in [1.82, 2.24) is 10.2 Å². The number of nitro benzene ring substituents is 1. The molecule has 0 amide bonds. The maximum absolute atomic E-state index is 13.4. The summed E-state index contributed by atoms with van der Waals surface area (Å²) < 4.78 is 5.12. The van der Waals surface area contributed by atoms with Crippen LogP contribution in [-0.2, 0) is 0 Å². The van der Waals surface area contributed by atoms with Crippen LogP contribution in [0.1, 0.15) is 35.8 Å². The van der Waals surface area contributed by atoms with Gasteiger partial charge >= 0.3 is 5.69 Å². The van der Waals surface area contributed by atoms with Crippen LogP contribution in [0.2, 0.25) is 0 Å². The first-order valence-corrected chi connectivity index (χ1v) is 9.64. The molecular weight excluding hydrogens is 406 g/mol. The quantitative estimate of drug-likeness (QED) is 0.311. The lowest BCUT2D eigenvalue weighted by atomic mass is 9.88. The van der Waals surface area contributed by atoms with Crippen LogP contribution in [-0.4, -0.2) is 39.5 Å². The predicted molar refractivity (Wildman–Crippen MR) is 116 cm³/mol. The normalized spacial score (nSPS) is 16.3. The molecule has 0 fully saturated rings. The molecule has 0 spiro atoms. The van der Waals surface area contributed by atoms with E-state index in [-0.39, 0.29) is 11.5 Å². The fourth-order valence-corrected chi connectivity index (χ4v) is 3.91. The van der Waals surface area contributed by atoms with Crippen molar-refractivity contribution in [3.05, 3.63) is 75.0 Å². The SMILES string of the molecule is CCN1C(=S)NC(c2cc(OC)c(O)c([N+](=O)[O-])c2)C(C(=O)c2ccccc2)=C1C. The Morgan fingerprint density at radius 3 is 2.57 bits per heavy atom. The number of aromatic hydroxyl groups is 1. The highest BCUT2D eigenvalue weighted by molar-refractivity contribution is 7.80. The minimum absolute atomic E-state index is 0.0611. The lowest BCUT2D eigenvalue weighted by Gasteiger charge is -2.37. The van der Waals surface area contributed by atoms with Crippen LogP contribution in [0, 0.1) is 10.1 Å². The van der Waals surface area contributed by atoms with Crippen molar-refractivity contribution in [2.24, 2.45) is 0 Å². The second kappa shape index (κ2) is 8.50. The molecule has 30 heavy (non-hydrogen) atoms. The van der Waals surface area contributed by atoms with E-state index in [4.69, 9.17) is 17.0 Å². The Morgan fingerprint density at radius 2 is 2.00 bits per heavy atom. The van der Waals surface area contributed by atoms with E-state index in [1.165, 1.54) is 19.2 Å². The summed E-state index contributed by atoms with van der Waals surface area (Å²) in [6.07, 6.45) is 0. The Labute approximate surface area is 178 Å². The second-order valence-corrected chi connectivity index (χ2v) is 7.06. The van der Waals surface area contributed by atoms with E-state index in [0.717, 1.165) is 0 Å². The number of phenols is 1. The van der Waals surface area contributed by atoms with Gasteiger partial charge in [0, 0.05) is 29.4 Å². The molecule has 2 aromatic carbocycles. The first-order chi connectivity index (χ1) is 14.3. The Balaban J connectivity index is 2.23. The van der Waals surface area contributed by atoms with E-state index in [1.54, 1.807) is 36.1 Å². The maximum Gasteiger partial charge on any atom is 0.315 e. The predicted octanol–water partition coefficient (Wildman–Crippen LogP) is 3.72. The van der Waals surface area contributed by atoms with Gasteiger partial charge in [0.2, 0.25) is 5.75 Å². The third-order valence-electron chi connectivity index (χ3n) is 5.02. The first-order valence-electron chi connectivity index (χ1n) is 9.23. The van der Waals surface area contributed by atoms with Gasteiger partial charge in [-0.15, -0.1) is 0 Å². The second-order valence-electron chi connectivity index (χ2n) is 6.67. The molecule has 156 valence electrons. The molecule has 1 aliphatic rings. The number of carbonyl (C=O) groups excluding carboxylic acids is 1. The van der Waals surface area contributed by atoms with Crippen LogP contribution < -0.4 is 10.1 Å². The fourth-order valence-electron chi connectivity index (χ4n) is 3.53. The summed E-state index contributed by atoms with van der Waals surface area (Å²) in [4.78, 5) is 26.0. The molecule has 9 heteroatoms. The number of ether oxygens (including phenoxy) is 1. The van der Waals surface area contributed by atoms with Gasteiger partial charge in [-0.3, -0.25) is 14.9 Å². The number of hydrogen-bond donors (Lipinski definition) is 2. The Hall–Kier alpha value is -3.46. The van der Waals surface area contributed by atoms with Gasteiger partial charge in [0.1, 0.15) is 0 Å². The molecule has 3 rings (SSSR count). The number of methoxy groups -OCH3 is 1. The number of benzene rings is 2. The standard InChI is InChI=1S/C21H21N3O5S/c1-4-23-12(2)17(19(25)13-8-6-5-7-9-13)18(22-21(23)30)14-10-15(24(27)28)20(26)16(11-14)29-3/h5-11,18,26H,4H2,1-3H3,(H,22,30). The zero-order valence-electron chi connectivity index (χ0n) is 16.7. The molecule has 0 saturated carbocycles. The van der Waals surface area contributed by atoms with E-state index in [1.807, 2.05) is 13.0 Å². The van der Waals surface area contributed by atoms with Crippen LogP contribution in [0.4, 0.5) is 5.69 Å². The smallest absolute Gasteiger partial charge is 0.315 e. The number of rotatable bonds is 6. The number of allylic oxidation sites excluding steroid dienone is 1. The average Bonchev–Trinajstić information content (AvgIpc) is 2.73. The number of phenolic OH excluding ortho intramolecular Hbond substituents is 1. The van der Waals surface area contributed by atoms with Gasteiger partial charge in [-0.2, -0.15) is 0 Å². The zero-order chi connectivity index (χ0) is 22.0. The summed E-state index contributed by atoms with van der Waals surface area (Å²) in [7, 11) is 1.30. The van der Waals surface area contributed by atoms with Crippen LogP contribution in [0.15, 0.2) is 53.7 Å². The van der Waals surface area contributed by atoms with Gasteiger partial charge in [0.15, 0.2) is 16.6 Å². The van der Waals surface area contributed by atoms with Crippen molar-refractivity contribution in [2.45, 2.75) is 19.9 Å². The molecule has 1 unspecified atom stereocenters. The Morgan fingerprint density at radius 1 is 1.33 bits per heavy atom. The summed E-state index contributed by atoms with van der Waals surface area (Å²) in [5.41, 5.74) is 1.43. The van der Waals surface area contributed by atoms with Crippen LogP contribution >= 0.6 is 12.2 Å². The largest absolute Gasteiger partial charge is 0.500 e. The minimum atomic E-state index is -0.749. The molecular formula is C21H21N3O5S. The third-order valence-corrected chi connectivity index (χ3v) is 5.36. The number of Topliss-reactive ketones (excluding diaryl/α,β-unsaturated/α-hetero) is 1. The van der Waals surface area contributed by atoms with Gasteiger partial charge in [-0.1, -0.05) is 30.3 Å². The van der Waals surface area contributed by atoms with Gasteiger partial charge in [0.25, 0.3) is 0 Å². The third kappa shape index (κ3) is 3.71. The number of hydrogen-bond acceptors (Lipinski definition) is 6. The average molecular weight is 427 g/mol. The molecule has 0 saturated heterocycles. The number of nitro groups is 1. The molecule has 0 radical (unpaired) electrons. The van der Waals surface area contributed by atoms with Crippen molar-refractivity contribution < 1.29 is 19.6 Å². The molecule has 2 aromatic rings. The van der Waals surface area contributed by atoms with Gasteiger partial charge in [-0.25, -0.2) is 0 Å². The summed E-state index contributed by atoms with van der Waals surface area (Å²) in [6, 6.07) is 10.7. The summed E-state index contributed by atoms with van der Waals surface area (Å²) in [6.45, 7) is 4.26. The molecule has 1 atom stereocenters. The number of nitrogens with zero attached hydrogens (tertiary/aromatic N) is 2. The number of thiocarbonyl (C=S) groups is 1. The highest BCUT2D eigenvalue weighted by Gasteiger charge is 2.35. The first kappa shape index (κ1) is 21.3. The highest BCUT2D eigenvalue weighted by atomic mass is 32.1. The zero-order valence-corrected chi connectivity index (χ0v) is 17.5. The van der Waals surface area contributed by atoms with Crippen LogP contribution in [0.5, 0.6) is 11.5 Å². The van der Waals surface area contributed by atoms with Crippen molar-refractivity contribution in [2.75, 3.05) is 13.7 Å². The summed E-state index contributed by atoms with van der Waals surface area (Å²) in [5, 5.41) is 25.1. The van der Waals surface area contributed by atoms with Crippen molar-refractivity contribution >= 4 is 28.8 Å². The van der Waals surface area contributed by atoms with E-state index in [2.05, 4.69) is 5.32 Å². The number of carbonyl (C=O) groups is 1. The molecule has 0 aromatic heterocycles. The van der Waals surface area contributed by atoms with E-state index < -0.39 is 22.4 Å². The molecule has 2 N–H and O–H groups in total. The lowest BCUT2D eigenvalue weighted by molar-refractivity contribution is -0.386. The monoisotopic (exact) mass is 427 g/mol. The molecule has 0 bridgehead atoms. The topological polar surface area (TPSA) is 105 Å². The highest BCUT2D eigenvalue weighted by Crippen LogP contribution is 2.41. The van der Waals surface area contributed by atoms with E-state index in [9.17, 15) is 20.0 Å². The minimum Gasteiger partial charge on any atom is -0.500 e. The fraction of sp³-hybridized carbons (Fsp3) is 0.238. The van der Waals surface area contributed by atoms with E-state index in [0.29, 0.717) is 34.1 Å². The Kier molecular flexibility index (Phi) is 6.02. The van der Waals surface area contributed by atoms with Gasteiger partial charge in [-0.05, 0) is 37.7 Å². The summed E-state index contributed by atoms with van der Waals surface area (Å²) >= 11 is 5.46. The van der Waals surface area contributed by atoms with Crippen LogP contribution in [0.25, 0.3) is 0 Å². The Bertz CT molecular complexity index is 1050. The van der Waals surface area contributed by atoms with Gasteiger partial charge in [0.05, 0.1) is 18.1 Å². The maximum atomic E-state index is 13.4. The van der Waals surface area contributed by atoms with E-state index >= 15 is 0 Å². The molecule has 1 heterocycles. The molecule has 1 aliphatic heterocycles. The van der Waals surface area contributed by atoms with Gasteiger partial charge < -0.3 is 20.1 Å². The number of nitrogens with one attached hydrogen (secondary N) is 1. The lowest BCUT2D eigenvalue weighted by Crippen LogP contribution is -2.47. The van der Waals surface area contributed by atoms with Crippen molar-refractivity contribution in [1.29, 1.82) is 0 Å². The number of ketones is 1. The molecule has 0 aliphatic carbocycles. The molecule has 8 nitrogen and oxygen atoms in total.